The summed E-state index contributed by atoms with van der Waals surface area (Å²) in [6.07, 6.45) is 9.87. The Morgan fingerprint density at radius 3 is 2.66 bits per heavy atom. The van der Waals surface area contributed by atoms with Gasteiger partial charge in [0.15, 0.2) is 11.6 Å². The molecule has 1 fully saturated rings. The lowest BCUT2D eigenvalue weighted by molar-refractivity contribution is 0.0328. The van der Waals surface area contributed by atoms with Crippen LogP contribution in [0.15, 0.2) is 30.9 Å². The van der Waals surface area contributed by atoms with Gasteiger partial charge in [-0.25, -0.2) is 14.5 Å². The van der Waals surface area contributed by atoms with Gasteiger partial charge in [-0.3, -0.25) is 4.68 Å². The number of aromatic nitrogens is 7. The summed E-state index contributed by atoms with van der Waals surface area (Å²) in [6, 6.07) is 2.34. The van der Waals surface area contributed by atoms with E-state index in [1.54, 1.807) is 18.0 Å². The maximum absolute atomic E-state index is 5.43. The van der Waals surface area contributed by atoms with Crippen molar-refractivity contribution in [1.82, 2.24) is 33.9 Å². The van der Waals surface area contributed by atoms with Crippen molar-refractivity contribution in [2.24, 2.45) is 14.1 Å². The SMILES string of the molecule is COC1CC(Nc2nc(-c3nccn3C)nn3cc(-c4ccn(C)n4)c(C)c23)C1. The van der Waals surface area contributed by atoms with Crippen LogP contribution >= 0.6 is 0 Å². The fraction of sp³-hybridized carbons (Fsp3) is 0.400. The van der Waals surface area contributed by atoms with E-state index in [1.807, 2.05) is 47.8 Å². The lowest BCUT2D eigenvalue weighted by Gasteiger charge is -2.35. The summed E-state index contributed by atoms with van der Waals surface area (Å²) in [5.74, 6) is 2.12. The second-order valence-corrected chi connectivity index (χ2v) is 7.65. The van der Waals surface area contributed by atoms with E-state index in [1.165, 1.54) is 0 Å². The molecule has 1 N–H and O–H groups in total. The topological polar surface area (TPSA) is 87.1 Å². The zero-order chi connectivity index (χ0) is 20.1. The van der Waals surface area contributed by atoms with Gasteiger partial charge in [-0.1, -0.05) is 0 Å². The molecule has 1 saturated carbocycles. The van der Waals surface area contributed by atoms with Crippen LogP contribution in [0.1, 0.15) is 18.4 Å². The number of imidazole rings is 1. The van der Waals surface area contributed by atoms with Gasteiger partial charge in [0.2, 0.25) is 5.82 Å². The van der Waals surface area contributed by atoms with Crippen molar-refractivity contribution in [2.75, 3.05) is 12.4 Å². The molecule has 5 rings (SSSR count). The van der Waals surface area contributed by atoms with E-state index in [9.17, 15) is 0 Å². The molecule has 150 valence electrons. The summed E-state index contributed by atoms with van der Waals surface area (Å²) in [6.45, 7) is 2.09. The van der Waals surface area contributed by atoms with Crippen molar-refractivity contribution >= 4 is 11.3 Å². The third-order valence-corrected chi connectivity index (χ3v) is 5.66. The van der Waals surface area contributed by atoms with E-state index in [-0.39, 0.29) is 0 Å². The maximum atomic E-state index is 5.43. The van der Waals surface area contributed by atoms with Gasteiger partial charge >= 0.3 is 0 Å². The number of rotatable bonds is 5. The molecule has 0 unspecified atom stereocenters. The lowest BCUT2D eigenvalue weighted by atomic mass is 9.89. The highest BCUT2D eigenvalue weighted by Gasteiger charge is 2.30. The molecule has 0 aliphatic heterocycles. The molecule has 0 saturated heterocycles. The Morgan fingerprint density at radius 1 is 1.17 bits per heavy atom. The summed E-state index contributed by atoms with van der Waals surface area (Å²) in [5, 5.41) is 12.9. The molecular weight excluding hydrogens is 368 g/mol. The number of methoxy groups -OCH3 is 1. The highest BCUT2D eigenvalue weighted by Crippen LogP contribution is 2.33. The van der Waals surface area contributed by atoms with Gasteiger partial charge in [0, 0.05) is 57.6 Å². The molecule has 9 heteroatoms. The molecule has 29 heavy (non-hydrogen) atoms. The molecule has 9 nitrogen and oxygen atoms in total. The zero-order valence-electron chi connectivity index (χ0n) is 17.0. The molecule has 4 heterocycles. The maximum Gasteiger partial charge on any atom is 0.218 e. The Hall–Kier alpha value is -3.20. The van der Waals surface area contributed by atoms with Crippen molar-refractivity contribution < 1.29 is 4.74 Å². The largest absolute Gasteiger partial charge is 0.381 e. The van der Waals surface area contributed by atoms with Crippen molar-refractivity contribution in [1.29, 1.82) is 0 Å². The van der Waals surface area contributed by atoms with Gasteiger partial charge in [-0.2, -0.15) is 5.10 Å². The minimum Gasteiger partial charge on any atom is -0.381 e. The molecule has 0 aromatic carbocycles. The first-order valence-electron chi connectivity index (χ1n) is 9.70. The number of ether oxygens (including phenoxy) is 1. The van der Waals surface area contributed by atoms with Crippen molar-refractivity contribution in [3.63, 3.8) is 0 Å². The number of fused-ring (bicyclic) bond motifs is 1. The first kappa shape index (κ1) is 17.9. The van der Waals surface area contributed by atoms with Crippen LogP contribution in [0.2, 0.25) is 0 Å². The Balaban J connectivity index is 1.64. The van der Waals surface area contributed by atoms with Crippen LogP contribution in [0.5, 0.6) is 0 Å². The highest BCUT2D eigenvalue weighted by atomic mass is 16.5. The number of nitrogens with one attached hydrogen (secondary N) is 1. The van der Waals surface area contributed by atoms with E-state index in [0.717, 1.165) is 46.8 Å². The summed E-state index contributed by atoms with van der Waals surface area (Å²) in [4.78, 5) is 9.28. The molecule has 0 spiro atoms. The van der Waals surface area contributed by atoms with Crippen molar-refractivity contribution in [2.45, 2.75) is 31.9 Å². The minimum atomic E-state index is 0.316. The van der Waals surface area contributed by atoms with Crippen LogP contribution in [0.25, 0.3) is 28.4 Å². The molecule has 4 aromatic rings. The fourth-order valence-electron chi connectivity index (χ4n) is 3.89. The zero-order valence-corrected chi connectivity index (χ0v) is 17.0. The number of nitrogens with zero attached hydrogens (tertiary/aromatic N) is 7. The molecule has 1 aliphatic rings. The van der Waals surface area contributed by atoms with Crippen molar-refractivity contribution in [3.8, 4) is 22.9 Å². The third-order valence-electron chi connectivity index (χ3n) is 5.66. The van der Waals surface area contributed by atoms with E-state index in [2.05, 4.69) is 22.3 Å². The van der Waals surface area contributed by atoms with E-state index < -0.39 is 0 Å². The van der Waals surface area contributed by atoms with Crippen LogP contribution in [0.3, 0.4) is 0 Å². The molecule has 1 aliphatic carbocycles. The van der Waals surface area contributed by atoms with Gasteiger partial charge in [0.25, 0.3) is 0 Å². The molecule has 0 radical (unpaired) electrons. The number of hydrogen-bond acceptors (Lipinski definition) is 6. The highest BCUT2D eigenvalue weighted by molar-refractivity contribution is 5.82. The average molecular weight is 392 g/mol. The second-order valence-electron chi connectivity index (χ2n) is 7.65. The average Bonchev–Trinajstić information content (AvgIpc) is 3.36. The Kier molecular flexibility index (Phi) is 4.13. The number of aryl methyl sites for hydroxylation is 3. The smallest absolute Gasteiger partial charge is 0.218 e. The van der Waals surface area contributed by atoms with Crippen LogP contribution in [-0.2, 0) is 18.8 Å². The standard InChI is InChI=1S/C20H24N8O/c1-12-15(16-5-7-27(3)24-16)11-28-17(12)18(22-13-9-14(10-13)29-4)23-19(25-28)20-21-6-8-26(20)2/h5-8,11,13-14H,9-10H2,1-4H3,(H,22,23,25). The quantitative estimate of drug-likeness (QED) is 0.561. The van der Waals surface area contributed by atoms with E-state index >= 15 is 0 Å². The minimum absolute atomic E-state index is 0.316. The van der Waals surface area contributed by atoms with E-state index in [4.69, 9.17) is 14.8 Å². The monoisotopic (exact) mass is 392 g/mol. The molecular formula is C20H24N8O. The Bertz CT molecular complexity index is 1180. The molecule has 0 amide bonds. The van der Waals surface area contributed by atoms with Gasteiger partial charge in [-0.05, 0) is 31.4 Å². The normalized spacial score (nSPS) is 18.9. The second kappa shape index (κ2) is 6.70. The fourth-order valence-corrected chi connectivity index (χ4v) is 3.89. The molecule has 0 atom stereocenters. The number of anilines is 1. The summed E-state index contributed by atoms with van der Waals surface area (Å²) in [5.41, 5.74) is 4.02. The number of hydrogen-bond donors (Lipinski definition) is 1. The summed E-state index contributed by atoms with van der Waals surface area (Å²) < 4.78 is 11.0. The van der Waals surface area contributed by atoms with Crippen LogP contribution < -0.4 is 5.32 Å². The van der Waals surface area contributed by atoms with Gasteiger partial charge in [0.05, 0.1) is 11.8 Å². The molecule has 4 aromatic heterocycles. The van der Waals surface area contributed by atoms with Crippen molar-refractivity contribution in [3.05, 3.63) is 36.4 Å². The van der Waals surface area contributed by atoms with E-state index in [0.29, 0.717) is 18.0 Å². The molecule has 0 bridgehead atoms. The first-order valence-corrected chi connectivity index (χ1v) is 9.70. The van der Waals surface area contributed by atoms with Crippen LogP contribution in [0.4, 0.5) is 5.82 Å². The summed E-state index contributed by atoms with van der Waals surface area (Å²) >= 11 is 0. The van der Waals surface area contributed by atoms with Crippen LogP contribution in [0, 0.1) is 6.92 Å². The van der Waals surface area contributed by atoms with Gasteiger partial charge < -0.3 is 14.6 Å². The predicted octanol–water partition coefficient (Wildman–Crippen LogP) is 2.43. The first-order chi connectivity index (χ1) is 14.0. The Morgan fingerprint density at radius 2 is 2.00 bits per heavy atom. The Labute approximate surface area is 168 Å². The van der Waals surface area contributed by atoms with Gasteiger partial charge in [-0.15, -0.1) is 5.10 Å². The predicted molar refractivity (Wildman–Crippen MR) is 110 cm³/mol. The lowest BCUT2D eigenvalue weighted by Crippen LogP contribution is -2.40. The van der Waals surface area contributed by atoms with Gasteiger partial charge in [0.1, 0.15) is 5.52 Å². The van der Waals surface area contributed by atoms with Crippen LogP contribution in [-0.4, -0.2) is 53.2 Å². The third kappa shape index (κ3) is 2.98. The summed E-state index contributed by atoms with van der Waals surface area (Å²) in [7, 11) is 5.63.